The van der Waals surface area contributed by atoms with Crippen LogP contribution in [0.1, 0.15) is 0 Å². The third-order valence-electron chi connectivity index (χ3n) is 10.0. The summed E-state index contributed by atoms with van der Waals surface area (Å²) in [5.41, 5.74) is 10.6. The number of hydrogen-bond donors (Lipinski definition) is 1. The Kier molecular flexibility index (Phi) is 7.10. The molecule has 0 aliphatic rings. The second-order valence-corrected chi connectivity index (χ2v) is 13.1. The molecule has 10 rings (SSSR count). The first-order valence-electron chi connectivity index (χ1n) is 17.7. The Balaban J connectivity index is 1.21. The van der Waals surface area contributed by atoms with Crippen molar-refractivity contribution in [3.8, 4) is 28.3 Å². The second-order valence-electron chi connectivity index (χ2n) is 13.1. The molecular formula is C48H33N4+. The number of benzene rings is 8. The number of anilines is 3. The molecule has 2 aromatic heterocycles. The van der Waals surface area contributed by atoms with Crippen LogP contribution in [-0.2, 0) is 0 Å². The van der Waals surface area contributed by atoms with Crippen molar-refractivity contribution in [1.82, 2.24) is 9.97 Å². The van der Waals surface area contributed by atoms with E-state index < -0.39 is 0 Å². The van der Waals surface area contributed by atoms with Gasteiger partial charge in [-0.05, 0) is 77.5 Å². The number of pyridine rings is 1. The minimum absolute atomic E-state index is 0.954. The number of nitrogens with zero attached hydrogens (tertiary/aromatic N) is 3. The zero-order valence-electron chi connectivity index (χ0n) is 28.3. The molecule has 0 amide bonds. The number of fused-ring (bicyclic) bond motifs is 6. The Bertz CT molecular complexity index is 2840. The minimum atomic E-state index is 0.954. The summed E-state index contributed by atoms with van der Waals surface area (Å²) in [6.07, 6.45) is 0. The highest BCUT2D eigenvalue weighted by Gasteiger charge is 2.23. The van der Waals surface area contributed by atoms with Gasteiger partial charge in [-0.25, -0.2) is 9.97 Å². The summed E-state index contributed by atoms with van der Waals surface area (Å²) in [6.45, 7) is 0. The minimum Gasteiger partial charge on any atom is -0.308 e. The predicted octanol–water partition coefficient (Wildman–Crippen LogP) is 12.1. The Morgan fingerprint density at radius 1 is 0.462 bits per heavy atom. The molecule has 0 saturated carbocycles. The van der Waals surface area contributed by atoms with Crippen molar-refractivity contribution in [2.75, 3.05) is 4.90 Å². The third-order valence-corrected chi connectivity index (χ3v) is 10.0. The molecule has 0 aliphatic carbocycles. The fourth-order valence-corrected chi connectivity index (χ4v) is 7.67. The largest absolute Gasteiger partial charge is 0.308 e. The zero-order chi connectivity index (χ0) is 34.4. The average Bonchev–Trinajstić information content (AvgIpc) is 3.61. The maximum Gasteiger partial charge on any atom is 0.292 e. The Morgan fingerprint density at radius 2 is 1.08 bits per heavy atom. The lowest BCUT2D eigenvalue weighted by atomic mass is 9.94. The van der Waals surface area contributed by atoms with E-state index in [1.54, 1.807) is 0 Å². The summed E-state index contributed by atoms with van der Waals surface area (Å²) >= 11 is 0. The molecular weight excluding hydrogens is 633 g/mol. The zero-order valence-corrected chi connectivity index (χ0v) is 28.3. The highest BCUT2D eigenvalue weighted by Crippen LogP contribution is 2.43. The van der Waals surface area contributed by atoms with Crippen LogP contribution in [0, 0.1) is 0 Å². The van der Waals surface area contributed by atoms with Crippen molar-refractivity contribution >= 4 is 60.5 Å². The molecule has 0 saturated heterocycles. The van der Waals surface area contributed by atoms with Crippen LogP contribution in [0.2, 0.25) is 0 Å². The second kappa shape index (κ2) is 12.4. The van der Waals surface area contributed by atoms with Crippen molar-refractivity contribution in [2.24, 2.45) is 0 Å². The van der Waals surface area contributed by atoms with Crippen molar-refractivity contribution in [3.05, 3.63) is 194 Å². The van der Waals surface area contributed by atoms with Gasteiger partial charge in [0, 0.05) is 33.1 Å². The maximum absolute atomic E-state index is 5.60. The highest BCUT2D eigenvalue weighted by molar-refractivity contribution is 6.24. The smallest absolute Gasteiger partial charge is 0.292 e. The number of rotatable bonds is 6. The number of aromatic amines is 1. The van der Waals surface area contributed by atoms with E-state index in [4.69, 9.17) is 4.98 Å². The molecule has 0 fully saturated rings. The van der Waals surface area contributed by atoms with Crippen LogP contribution in [0.5, 0.6) is 0 Å². The average molecular weight is 666 g/mol. The van der Waals surface area contributed by atoms with Crippen molar-refractivity contribution in [3.63, 3.8) is 0 Å². The van der Waals surface area contributed by atoms with E-state index in [0.29, 0.717) is 0 Å². The van der Waals surface area contributed by atoms with Crippen LogP contribution >= 0.6 is 0 Å². The molecule has 2 heterocycles. The van der Waals surface area contributed by atoms with Gasteiger partial charge < -0.3 is 4.90 Å². The first kappa shape index (κ1) is 29.8. The molecule has 4 heteroatoms. The SMILES string of the molecule is c1ccc(N(c2ccccc2)c2cccc3c2nc(-c2ccc(-c4[nH]c5ccccc5[n+]4-c4ccccc4)cc2)c2ccc4ccccc4c23)cc1. The van der Waals surface area contributed by atoms with Crippen LogP contribution in [0.4, 0.5) is 17.1 Å². The van der Waals surface area contributed by atoms with Crippen LogP contribution < -0.4 is 9.47 Å². The molecule has 0 radical (unpaired) electrons. The van der Waals surface area contributed by atoms with Gasteiger partial charge in [-0.2, -0.15) is 4.57 Å². The highest BCUT2D eigenvalue weighted by atomic mass is 15.1. The molecule has 4 nitrogen and oxygen atoms in total. The number of aromatic nitrogens is 3. The molecule has 0 atom stereocenters. The fraction of sp³-hybridized carbons (Fsp3) is 0. The number of hydrogen-bond acceptors (Lipinski definition) is 2. The third kappa shape index (κ3) is 4.92. The van der Waals surface area contributed by atoms with Crippen LogP contribution in [0.3, 0.4) is 0 Å². The van der Waals surface area contributed by atoms with E-state index in [2.05, 4.69) is 209 Å². The molecule has 1 N–H and O–H groups in total. The molecule has 244 valence electrons. The van der Waals surface area contributed by atoms with Gasteiger partial charge in [0.1, 0.15) is 5.69 Å². The summed E-state index contributed by atoms with van der Waals surface area (Å²) in [4.78, 5) is 11.6. The number of nitrogens with one attached hydrogen (secondary N) is 1. The normalized spacial score (nSPS) is 11.5. The van der Waals surface area contributed by atoms with Gasteiger partial charge in [-0.15, -0.1) is 0 Å². The van der Waals surface area contributed by atoms with Gasteiger partial charge in [0.15, 0.2) is 11.0 Å². The standard InChI is InChI=1S/C48H32N4/c1-4-16-36(17-5-1)51(37-18-6-2-7-19-37)44-26-14-23-40-45-39-22-11-10-15-33(39)31-32-41(45)46(50-47(40)44)34-27-29-35(30-28-34)48-49-42-24-12-13-25-43(42)52(48)38-20-8-3-9-21-38/h1-32H/p+1. The summed E-state index contributed by atoms with van der Waals surface area (Å²) in [5.74, 6) is 1.03. The predicted molar refractivity (Wildman–Crippen MR) is 216 cm³/mol. The van der Waals surface area contributed by atoms with E-state index in [0.717, 1.165) is 72.7 Å². The van der Waals surface area contributed by atoms with Gasteiger partial charge in [0.2, 0.25) is 0 Å². The molecule has 52 heavy (non-hydrogen) atoms. The van der Waals surface area contributed by atoms with Gasteiger partial charge in [0.05, 0.1) is 22.5 Å². The van der Waals surface area contributed by atoms with Crippen molar-refractivity contribution in [2.45, 2.75) is 0 Å². The lowest BCUT2D eigenvalue weighted by molar-refractivity contribution is -0.554. The van der Waals surface area contributed by atoms with Gasteiger partial charge in [-0.3, -0.25) is 0 Å². The molecule has 10 aromatic rings. The Hall–Kier alpha value is -7.04. The molecule has 0 unspecified atom stereocenters. The lowest BCUT2D eigenvalue weighted by Crippen LogP contribution is -2.31. The summed E-state index contributed by atoms with van der Waals surface area (Å²) in [7, 11) is 0. The van der Waals surface area contributed by atoms with E-state index >= 15 is 0 Å². The molecule has 0 aliphatic heterocycles. The van der Waals surface area contributed by atoms with Crippen LogP contribution in [-0.4, -0.2) is 9.97 Å². The molecule has 0 spiro atoms. The Morgan fingerprint density at radius 3 is 1.83 bits per heavy atom. The van der Waals surface area contributed by atoms with Crippen molar-refractivity contribution < 1.29 is 4.57 Å². The van der Waals surface area contributed by atoms with Gasteiger partial charge in [0.25, 0.3) is 5.82 Å². The summed E-state index contributed by atoms with van der Waals surface area (Å²) < 4.78 is 2.30. The first-order chi connectivity index (χ1) is 25.8. The number of para-hydroxylation sites is 6. The van der Waals surface area contributed by atoms with E-state index in [1.165, 1.54) is 16.2 Å². The van der Waals surface area contributed by atoms with Gasteiger partial charge in [-0.1, -0.05) is 127 Å². The maximum atomic E-state index is 5.60. The quantitative estimate of drug-likeness (QED) is 0.142. The fourth-order valence-electron chi connectivity index (χ4n) is 7.67. The van der Waals surface area contributed by atoms with Crippen LogP contribution in [0.15, 0.2) is 194 Å². The van der Waals surface area contributed by atoms with Crippen LogP contribution in [0.25, 0.3) is 71.8 Å². The first-order valence-corrected chi connectivity index (χ1v) is 17.7. The summed E-state index contributed by atoms with van der Waals surface area (Å²) in [5, 5.41) is 5.90. The molecule has 0 bridgehead atoms. The van der Waals surface area contributed by atoms with E-state index in [9.17, 15) is 0 Å². The molecule has 8 aromatic carbocycles. The van der Waals surface area contributed by atoms with Crippen molar-refractivity contribution in [1.29, 1.82) is 0 Å². The topological polar surface area (TPSA) is 35.8 Å². The number of H-pyrrole nitrogens is 1. The number of imidazole rings is 1. The monoisotopic (exact) mass is 665 g/mol. The van der Waals surface area contributed by atoms with E-state index in [-0.39, 0.29) is 0 Å². The lowest BCUT2D eigenvalue weighted by Gasteiger charge is -2.27. The Labute approximate surface area is 301 Å². The van der Waals surface area contributed by atoms with Gasteiger partial charge >= 0.3 is 0 Å². The summed E-state index contributed by atoms with van der Waals surface area (Å²) in [6, 6.07) is 68.7. The van der Waals surface area contributed by atoms with E-state index in [1.807, 2.05) is 0 Å².